The summed E-state index contributed by atoms with van der Waals surface area (Å²) in [6.45, 7) is 6.10. The van der Waals surface area contributed by atoms with Gasteiger partial charge in [0.25, 0.3) is 0 Å². The van der Waals surface area contributed by atoms with E-state index in [9.17, 15) is 13.6 Å². The first kappa shape index (κ1) is 25.8. The van der Waals surface area contributed by atoms with Gasteiger partial charge in [-0.3, -0.25) is 4.79 Å². The third kappa shape index (κ3) is 5.10. The van der Waals surface area contributed by atoms with Crippen molar-refractivity contribution in [2.24, 2.45) is 11.8 Å². The van der Waals surface area contributed by atoms with E-state index in [0.29, 0.717) is 66.4 Å². The van der Waals surface area contributed by atoms with Gasteiger partial charge in [-0.05, 0) is 49.0 Å². The van der Waals surface area contributed by atoms with Crippen LogP contribution < -0.4 is 14.8 Å². The Labute approximate surface area is 228 Å². The van der Waals surface area contributed by atoms with E-state index in [1.165, 1.54) is 18.5 Å². The minimum Gasteiger partial charge on any atom is -0.486 e. The average molecular weight is 557 g/mol. The van der Waals surface area contributed by atoms with Crippen LogP contribution in [0.15, 0.2) is 43.2 Å². The molecule has 3 aliphatic rings. The van der Waals surface area contributed by atoms with Gasteiger partial charge in [0, 0.05) is 31.0 Å². The zero-order chi connectivity index (χ0) is 27.1. The fourth-order valence-electron chi connectivity index (χ4n) is 5.71. The lowest BCUT2D eigenvalue weighted by molar-refractivity contribution is -0.125. The second kappa shape index (κ2) is 10.6. The smallest absolute Gasteiger partial charge is 0.245 e. The van der Waals surface area contributed by atoms with Crippen LogP contribution in [0, 0.1) is 23.5 Å². The van der Waals surface area contributed by atoms with Gasteiger partial charge in [0.2, 0.25) is 5.91 Å². The molecule has 3 aromatic rings. The minimum absolute atomic E-state index is 0.0189. The van der Waals surface area contributed by atoms with Crippen molar-refractivity contribution in [2.75, 3.05) is 31.6 Å². The highest BCUT2D eigenvalue weighted by molar-refractivity contribution is 6.31. The van der Waals surface area contributed by atoms with Crippen LogP contribution in [0.1, 0.15) is 19.3 Å². The first-order chi connectivity index (χ1) is 18.9. The van der Waals surface area contributed by atoms with Crippen LogP contribution in [-0.4, -0.2) is 59.3 Å². The van der Waals surface area contributed by atoms with Crippen molar-refractivity contribution in [3.8, 4) is 11.5 Å². The van der Waals surface area contributed by atoms with E-state index in [1.54, 1.807) is 12.1 Å². The highest BCUT2D eigenvalue weighted by atomic mass is 35.5. The number of amides is 1. The van der Waals surface area contributed by atoms with Crippen LogP contribution in [0.2, 0.25) is 5.02 Å². The Hall–Kier alpha value is -3.50. The molecule has 6 rings (SSSR count). The molecule has 3 heterocycles. The fourth-order valence-corrected chi connectivity index (χ4v) is 5.88. The van der Waals surface area contributed by atoms with Crippen molar-refractivity contribution in [1.82, 2.24) is 14.9 Å². The number of likely N-dealkylation sites (tertiary alicyclic amines) is 1. The van der Waals surface area contributed by atoms with Crippen LogP contribution in [0.25, 0.3) is 10.9 Å². The first-order valence-electron chi connectivity index (χ1n) is 12.9. The largest absolute Gasteiger partial charge is 0.486 e. The van der Waals surface area contributed by atoms with Crippen molar-refractivity contribution < 1.29 is 27.8 Å². The van der Waals surface area contributed by atoms with Crippen LogP contribution in [-0.2, 0) is 9.53 Å². The predicted octanol–water partition coefficient (Wildman–Crippen LogP) is 5.27. The molecule has 1 unspecified atom stereocenters. The molecular weight excluding hydrogens is 530 g/mol. The molecule has 8 nitrogen and oxygen atoms in total. The highest BCUT2D eigenvalue weighted by Gasteiger charge is 2.43. The Morgan fingerprint density at radius 2 is 1.87 bits per heavy atom. The lowest BCUT2D eigenvalue weighted by atomic mass is 10.0. The van der Waals surface area contributed by atoms with Crippen molar-refractivity contribution in [3.05, 3.63) is 59.9 Å². The third-order valence-corrected chi connectivity index (χ3v) is 8.00. The number of carbonyl (C=O) groups is 1. The molecule has 0 radical (unpaired) electrons. The van der Waals surface area contributed by atoms with Gasteiger partial charge in [-0.2, -0.15) is 0 Å². The topological polar surface area (TPSA) is 85.8 Å². The maximum absolute atomic E-state index is 14.6. The van der Waals surface area contributed by atoms with Gasteiger partial charge in [-0.25, -0.2) is 18.7 Å². The van der Waals surface area contributed by atoms with E-state index in [0.717, 1.165) is 25.3 Å². The molecule has 4 atom stereocenters. The summed E-state index contributed by atoms with van der Waals surface area (Å²) in [5.41, 5.74) is 0.541. The van der Waals surface area contributed by atoms with Crippen LogP contribution >= 0.6 is 11.6 Å². The van der Waals surface area contributed by atoms with Crippen molar-refractivity contribution in [1.29, 1.82) is 0 Å². The summed E-state index contributed by atoms with van der Waals surface area (Å²) < 4.78 is 46.6. The number of ether oxygens (including phenoxy) is 3. The second-order valence-electron chi connectivity index (χ2n) is 10.2. The summed E-state index contributed by atoms with van der Waals surface area (Å²) >= 11 is 5.77. The van der Waals surface area contributed by atoms with Gasteiger partial charge in [0.05, 0.1) is 30.5 Å². The molecule has 1 N–H and O–H groups in total. The zero-order valence-electron chi connectivity index (χ0n) is 21.0. The molecule has 39 heavy (non-hydrogen) atoms. The van der Waals surface area contributed by atoms with E-state index >= 15 is 0 Å². The number of aromatic nitrogens is 2. The summed E-state index contributed by atoms with van der Waals surface area (Å²) in [4.78, 5) is 22.6. The minimum atomic E-state index is -0.914. The summed E-state index contributed by atoms with van der Waals surface area (Å²) in [7, 11) is 0. The molecule has 2 aliphatic heterocycles. The SMILES string of the molecule is C=CC(=O)N1C[C@H]2CC(Oc3cc4c(Nc5ccc(F)c(Cl)c5F)ncnc4cc3O[C@@H]3CCOC3)C[C@H]2C1. The van der Waals surface area contributed by atoms with Crippen molar-refractivity contribution >= 4 is 39.9 Å². The molecular formula is C28H27ClF2N4O4. The Bertz CT molecular complexity index is 1420. The molecule has 11 heteroatoms. The van der Waals surface area contributed by atoms with Crippen molar-refractivity contribution in [3.63, 3.8) is 0 Å². The number of benzene rings is 2. The maximum atomic E-state index is 14.6. The number of hydrogen-bond donors (Lipinski definition) is 1. The molecule has 1 aromatic heterocycles. The van der Waals surface area contributed by atoms with E-state index in [1.807, 2.05) is 4.90 Å². The maximum Gasteiger partial charge on any atom is 0.245 e. The summed E-state index contributed by atoms with van der Waals surface area (Å²) in [5, 5.41) is 2.88. The van der Waals surface area contributed by atoms with Crippen molar-refractivity contribution in [2.45, 2.75) is 31.5 Å². The van der Waals surface area contributed by atoms with Crippen LogP contribution in [0.5, 0.6) is 11.5 Å². The molecule has 204 valence electrons. The van der Waals surface area contributed by atoms with Gasteiger partial charge in [-0.15, -0.1) is 0 Å². The Kier molecular flexibility index (Phi) is 6.99. The molecule has 0 bridgehead atoms. The normalized spacial score (nSPS) is 24.1. The van der Waals surface area contributed by atoms with E-state index in [2.05, 4.69) is 21.9 Å². The number of halogens is 3. The summed E-state index contributed by atoms with van der Waals surface area (Å²) in [5.74, 6) is 0.292. The average Bonchev–Trinajstić information content (AvgIpc) is 3.66. The fraction of sp³-hybridized carbons (Fsp3) is 0.393. The summed E-state index contributed by atoms with van der Waals surface area (Å²) in [6, 6.07) is 5.91. The van der Waals surface area contributed by atoms with Gasteiger partial charge in [-0.1, -0.05) is 18.2 Å². The highest BCUT2D eigenvalue weighted by Crippen LogP contribution is 2.43. The van der Waals surface area contributed by atoms with Gasteiger partial charge in [0.15, 0.2) is 17.3 Å². The second-order valence-corrected chi connectivity index (χ2v) is 10.5. The van der Waals surface area contributed by atoms with Gasteiger partial charge in [0.1, 0.15) is 29.1 Å². The van der Waals surface area contributed by atoms with Gasteiger partial charge < -0.3 is 24.4 Å². The number of rotatable bonds is 7. The molecule has 1 aliphatic carbocycles. The lowest BCUT2D eigenvalue weighted by Gasteiger charge is -2.22. The Morgan fingerprint density at radius 1 is 1.13 bits per heavy atom. The molecule has 1 saturated carbocycles. The Balaban J connectivity index is 1.30. The number of anilines is 2. The molecule has 2 saturated heterocycles. The van der Waals surface area contributed by atoms with Crippen LogP contribution in [0.4, 0.5) is 20.3 Å². The molecule has 2 aromatic carbocycles. The zero-order valence-corrected chi connectivity index (χ0v) is 21.8. The van der Waals surface area contributed by atoms with E-state index in [4.69, 9.17) is 25.8 Å². The molecule has 0 spiro atoms. The van der Waals surface area contributed by atoms with E-state index in [-0.39, 0.29) is 23.8 Å². The predicted molar refractivity (Wildman–Crippen MR) is 141 cm³/mol. The number of nitrogens with zero attached hydrogens (tertiary/aromatic N) is 3. The van der Waals surface area contributed by atoms with E-state index < -0.39 is 16.7 Å². The number of hydrogen-bond acceptors (Lipinski definition) is 7. The van der Waals surface area contributed by atoms with Crippen LogP contribution in [0.3, 0.4) is 0 Å². The molecule has 1 amide bonds. The van der Waals surface area contributed by atoms with Gasteiger partial charge >= 0.3 is 0 Å². The Morgan fingerprint density at radius 3 is 2.59 bits per heavy atom. The standard InChI is InChI=1S/C28H27ClF2N4O4/c1-2-25(36)35-11-15-7-18(8-16(15)12-35)39-23-9-19-22(10-24(23)38-17-5-6-37-13-17)32-14-33-28(19)34-21-4-3-20(30)26(29)27(21)31/h2-4,9-10,14-18H,1,5-8,11-13H2,(H,32,33,34)/t15-,16+,17-,18?/m1/s1. The number of fused-ring (bicyclic) bond motifs is 2. The first-order valence-corrected chi connectivity index (χ1v) is 13.3. The summed E-state index contributed by atoms with van der Waals surface area (Å²) in [6.07, 6.45) is 4.93. The monoisotopic (exact) mass is 556 g/mol. The number of carbonyl (C=O) groups excluding carboxylic acids is 1. The third-order valence-electron chi connectivity index (χ3n) is 7.66. The number of nitrogens with one attached hydrogen (secondary N) is 1. The lowest BCUT2D eigenvalue weighted by Crippen LogP contribution is -2.29. The quantitative estimate of drug-likeness (QED) is 0.313. The molecule has 3 fully saturated rings.